The zero-order chi connectivity index (χ0) is 13.6. The molecular formula is C11H9F2NO2S2. The standard InChI is InChI=1S/C11H9F2NO2S2/c1-2-16-10(15)11(12,13)6-9(18-7-14)8-4-3-5-17-8/h3-6H,2H2,1H3/b9-6+. The van der Waals surface area contributed by atoms with Crippen molar-refractivity contribution in [3.63, 3.8) is 0 Å². The lowest BCUT2D eigenvalue weighted by molar-refractivity contribution is -0.164. The third-order valence-corrected chi connectivity index (χ3v) is 3.46. The number of carbonyl (C=O) groups excluding carboxylic acids is 1. The van der Waals surface area contributed by atoms with Gasteiger partial charge in [0.1, 0.15) is 5.40 Å². The highest BCUT2D eigenvalue weighted by Crippen LogP contribution is 2.34. The summed E-state index contributed by atoms with van der Waals surface area (Å²) in [5.74, 6) is -5.35. The summed E-state index contributed by atoms with van der Waals surface area (Å²) >= 11 is 1.80. The molecule has 0 saturated heterocycles. The van der Waals surface area contributed by atoms with Gasteiger partial charge < -0.3 is 4.74 Å². The highest BCUT2D eigenvalue weighted by Gasteiger charge is 2.39. The van der Waals surface area contributed by atoms with Crippen LogP contribution in [-0.2, 0) is 9.53 Å². The maximum absolute atomic E-state index is 13.5. The molecule has 7 heteroatoms. The Morgan fingerprint density at radius 2 is 2.44 bits per heavy atom. The first-order valence-corrected chi connectivity index (χ1v) is 6.58. The van der Waals surface area contributed by atoms with Crippen LogP contribution in [0.1, 0.15) is 11.8 Å². The van der Waals surface area contributed by atoms with Crippen molar-refractivity contribution in [1.29, 1.82) is 5.26 Å². The minimum Gasteiger partial charge on any atom is -0.461 e. The number of thioether (sulfide) groups is 1. The van der Waals surface area contributed by atoms with E-state index in [4.69, 9.17) is 5.26 Å². The van der Waals surface area contributed by atoms with Gasteiger partial charge in [0.2, 0.25) is 0 Å². The van der Waals surface area contributed by atoms with Crippen LogP contribution in [0.15, 0.2) is 23.6 Å². The predicted octanol–water partition coefficient (Wildman–Crippen LogP) is 3.50. The average molecular weight is 289 g/mol. The van der Waals surface area contributed by atoms with Crippen LogP contribution in [0.2, 0.25) is 0 Å². The zero-order valence-corrected chi connectivity index (χ0v) is 11.0. The molecule has 0 aromatic carbocycles. The molecule has 0 unspecified atom stereocenters. The summed E-state index contributed by atoms with van der Waals surface area (Å²) in [6.45, 7) is 1.32. The van der Waals surface area contributed by atoms with Crippen molar-refractivity contribution in [2.75, 3.05) is 6.61 Å². The number of esters is 1. The van der Waals surface area contributed by atoms with Crippen molar-refractivity contribution >= 4 is 34.0 Å². The van der Waals surface area contributed by atoms with Gasteiger partial charge in [0.25, 0.3) is 0 Å². The van der Waals surface area contributed by atoms with Gasteiger partial charge in [-0.2, -0.15) is 14.0 Å². The van der Waals surface area contributed by atoms with Crippen LogP contribution in [0.25, 0.3) is 4.91 Å². The summed E-state index contributed by atoms with van der Waals surface area (Å²) in [5.41, 5.74) is 0. The molecule has 0 aliphatic rings. The molecule has 0 N–H and O–H groups in total. The van der Waals surface area contributed by atoms with Crippen molar-refractivity contribution in [2.45, 2.75) is 12.8 Å². The highest BCUT2D eigenvalue weighted by molar-refractivity contribution is 8.12. The Hall–Kier alpha value is -1.39. The first-order valence-electron chi connectivity index (χ1n) is 4.89. The van der Waals surface area contributed by atoms with Crippen molar-refractivity contribution in [1.82, 2.24) is 0 Å². The van der Waals surface area contributed by atoms with E-state index in [-0.39, 0.29) is 11.5 Å². The van der Waals surface area contributed by atoms with E-state index in [1.165, 1.54) is 18.3 Å². The second kappa shape index (κ2) is 6.52. The molecule has 0 fully saturated rings. The fourth-order valence-corrected chi connectivity index (χ4v) is 2.45. The largest absolute Gasteiger partial charge is 0.461 e. The Bertz CT molecular complexity index is 478. The maximum atomic E-state index is 13.5. The molecular weight excluding hydrogens is 280 g/mol. The van der Waals surface area contributed by atoms with Gasteiger partial charge in [-0.25, -0.2) is 4.79 Å². The lowest BCUT2D eigenvalue weighted by Gasteiger charge is -2.11. The van der Waals surface area contributed by atoms with Gasteiger partial charge in [-0.05, 0) is 30.1 Å². The smallest absolute Gasteiger partial charge is 0.381 e. The van der Waals surface area contributed by atoms with Gasteiger partial charge in [0.05, 0.1) is 6.61 Å². The van der Waals surface area contributed by atoms with E-state index in [0.29, 0.717) is 22.7 Å². The number of thiophene rings is 1. The maximum Gasteiger partial charge on any atom is 0.381 e. The molecule has 0 bridgehead atoms. The van der Waals surface area contributed by atoms with Crippen molar-refractivity contribution in [3.05, 3.63) is 28.5 Å². The molecule has 96 valence electrons. The van der Waals surface area contributed by atoms with Gasteiger partial charge in [0, 0.05) is 15.9 Å². The number of alkyl halides is 2. The summed E-state index contributed by atoms with van der Waals surface area (Å²) in [7, 11) is 0. The molecule has 0 aliphatic carbocycles. The zero-order valence-electron chi connectivity index (χ0n) is 9.35. The van der Waals surface area contributed by atoms with Crippen LogP contribution >= 0.6 is 23.1 Å². The summed E-state index contributed by atoms with van der Waals surface area (Å²) in [6, 6.07) is 3.27. The number of ether oxygens (including phenoxy) is 1. The number of nitrogens with zero attached hydrogens (tertiary/aromatic N) is 1. The molecule has 0 atom stereocenters. The molecule has 0 aliphatic heterocycles. The molecule has 3 nitrogen and oxygen atoms in total. The SMILES string of the molecule is CCOC(=O)C(F)(F)/C=C(/SC#N)c1cccs1. The molecule has 1 heterocycles. The van der Waals surface area contributed by atoms with Crippen LogP contribution in [0.5, 0.6) is 0 Å². The van der Waals surface area contributed by atoms with E-state index in [9.17, 15) is 13.6 Å². The molecule has 0 saturated carbocycles. The van der Waals surface area contributed by atoms with Gasteiger partial charge in [-0.1, -0.05) is 6.07 Å². The van der Waals surface area contributed by atoms with E-state index < -0.39 is 11.9 Å². The van der Waals surface area contributed by atoms with Gasteiger partial charge in [0.15, 0.2) is 0 Å². The lowest BCUT2D eigenvalue weighted by Crippen LogP contribution is -2.28. The van der Waals surface area contributed by atoms with Gasteiger partial charge in [-0.3, -0.25) is 0 Å². The Kier molecular flexibility index (Phi) is 5.31. The van der Waals surface area contributed by atoms with Crippen molar-refractivity contribution in [2.24, 2.45) is 0 Å². The van der Waals surface area contributed by atoms with Crippen molar-refractivity contribution in [3.8, 4) is 5.40 Å². The Morgan fingerprint density at radius 3 is 2.94 bits per heavy atom. The molecule has 0 amide bonds. The lowest BCUT2D eigenvalue weighted by atomic mass is 10.3. The van der Waals surface area contributed by atoms with Gasteiger partial charge in [-0.15, -0.1) is 11.3 Å². The van der Waals surface area contributed by atoms with E-state index in [1.54, 1.807) is 22.9 Å². The quantitative estimate of drug-likeness (QED) is 0.615. The molecule has 1 aromatic heterocycles. The Morgan fingerprint density at radius 1 is 1.72 bits per heavy atom. The monoisotopic (exact) mass is 289 g/mol. The van der Waals surface area contributed by atoms with E-state index in [2.05, 4.69) is 4.74 Å². The van der Waals surface area contributed by atoms with Crippen LogP contribution in [0.3, 0.4) is 0 Å². The van der Waals surface area contributed by atoms with Crippen molar-refractivity contribution < 1.29 is 18.3 Å². The number of rotatable bonds is 5. The second-order valence-corrected chi connectivity index (χ2v) is 4.80. The topological polar surface area (TPSA) is 50.1 Å². The van der Waals surface area contributed by atoms with Crippen LogP contribution in [-0.4, -0.2) is 18.5 Å². The summed E-state index contributed by atoms with van der Waals surface area (Å²) in [4.78, 5) is 11.6. The number of thiocyanates is 1. The first-order chi connectivity index (χ1) is 8.51. The summed E-state index contributed by atoms with van der Waals surface area (Å²) in [5, 5.41) is 12.0. The predicted molar refractivity (Wildman–Crippen MR) is 67.1 cm³/mol. The third kappa shape index (κ3) is 3.82. The van der Waals surface area contributed by atoms with E-state index >= 15 is 0 Å². The molecule has 18 heavy (non-hydrogen) atoms. The summed E-state index contributed by atoms with van der Waals surface area (Å²) < 4.78 is 31.3. The van der Waals surface area contributed by atoms with E-state index in [1.807, 2.05) is 0 Å². The minimum atomic E-state index is -3.74. The fourth-order valence-electron chi connectivity index (χ4n) is 1.07. The molecule has 1 aromatic rings. The van der Waals surface area contributed by atoms with Crippen LogP contribution in [0, 0.1) is 10.7 Å². The highest BCUT2D eigenvalue weighted by atomic mass is 32.2. The number of hydrogen-bond acceptors (Lipinski definition) is 5. The molecule has 1 rings (SSSR count). The molecule has 0 radical (unpaired) electrons. The normalized spacial score (nSPS) is 12.0. The van der Waals surface area contributed by atoms with Gasteiger partial charge >= 0.3 is 11.9 Å². The number of nitriles is 1. The third-order valence-electron chi connectivity index (χ3n) is 1.78. The number of carbonyl (C=O) groups is 1. The van der Waals surface area contributed by atoms with E-state index in [0.717, 1.165) is 0 Å². The summed E-state index contributed by atoms with van der Waals surface area (Å²) in [6.07, 6.45) is 0.463. The average Bonchev–Trinajstić information content (AvgIpc) is 2.82. The number of halogens is 2. The molecule has 0 spiro atoms. The minimum absolute atomic E-state index is 0.0468. The van der Waals surface area contributed by atoms with Crippen LogP contribution in [0.4, 0.5) is 8.78 Å². The Balaban J connectivity index is 3.02. The Labute approximate surface area is 111 Å². The number of hydrogen-bond donors (Lipinski definition) is 0. The first kappa shape index (κ1) is 14.7. The van der Waals surface area contributed by atoms with Crippen LogP contribution < -0.4 is 0 Å². The fraction of sp³-hybridized carbons (Fsp3) is 0.273. The second-order valence-electron chi connectivity index (χ2n) is 3.02.